The Kier molecular flexibility index (Phi) is 7.88. The molecule has 1 heterocycles. The first-order chi connectivity index (χ1) is 13.8. The second-order valence-electron chi connectivity index (χ2n) is 7.23. The zero-order valence-corrected chi connectivity index (χ0v) is 16.8. The topological polar surface area (TPSA) is 59.9 Å². The number of hydrogen-bond acceptors (Lipinski definition) is 3. The van der Waals surface area contributed by atoms with Crippen molar-refractivity contribution in [3.63, 3.8) is 0 Å². The molecule has 0 bridgehead atoms. The van der Waals surface area contributed by atoms with Gasteiger partial charge in [-0.2, -0.15) is 0 Å². The molecule has 0 aromatic heterocycles. The van der Waals surface area contributed by atoms with Crippen molar-refractivity contribution < 1.29 is 5.11 Å². The van der Waals surface area contributed by atoms with E-state index in [9.17, 15) is 5.11 Å². The second kappa shape index (κ2) is 10.8. The summed E-state index contributed by atoms with van der Waals surface area (Å²) in [4.78, 5) is 7.18. The molecule has 3 rings (SSSR count). The monoisotopic (exact) mass is 380 g/mol. The number of hydrogen-bond donors (Lipinski definition) is 3. The summed E-state index contributed by atoms with van der Waals surface area (Å²) < 4.78 is 0. The lowest BCUT2D eigenvalue weighted by Gasteiger charge is -2.28. The first kappa shape index (κ1) is 20.4. The van der Waals surface area contributed by atoms with Crippen molar-refractivity contribution in [1.29, 1.82) is 0 Å². The number of nitrogens with zero attached hydrogens (tertiary/aromatic N) is 2. The number of nitrogens with one attached hydrogen (secondary N) is 2. The van der Waals surface area contributed by atoms with Crippen molar-refractivity contribution in [2.45, 2.75) is 25.8 Å². The molecule has 0 aliphatic carbocycles. The average Bonchev–Trinajstić information content (AvgIpc) is 2.75. The van der Waals surface area contributed by atoms with Crippen LogP contribution in [0.3, 0.4) is 0 Å². The van der Waals surface area contributed by atoms with Crippen LogP contribution in [-0.2, 0) is 13.0 Å². The van der Waals surface area contributed by atoms with Crippen LogP contribution in [0.4, 0.5) is 0 Å². The lowest BCUT2D eigenvalue weighted by atomic mass is 10.00. The van der Waals surface area contributed by atoms with Crippen molar-refractivity contribution in [3.8, 4) is 0 Å². The Morgan fingerprint density at radius 3 is 2.57 bits per heavy atom. The number of aliphatic hydroxyl groups excluding tert-OH is 1. The van der Waals surface area contributed by atoms with Gasteiger partial charge in [0.25, 0.3) is 0 Å². The summed E-state index contributed by atoms with van der Waals surface area (Å²) in [5, 5.41) is 16.5. The Hall–Kier alpha value is -2.37. The Bertz CT molecular complexity index is 747. The molecule has 2 aromatic carbocycles. The molecule has 150 valence electrons. The minimum atomic E-state index is 0.0234. The molecule has 0 saturated heterocycles. The van der Waals surface area contributed by atoms with E-state index < -0.39 is 0 Å². The molecule has 0 saturated carbocycles. The van der Waals surface area contributed by atoms with E-state index >= 15 is 0 Å². The standard InChI is InChI=1S/C23H32N4O/c1-2-24-23(26-16-22(18-28)19-8-4-3-5-9-19)25-13-15-27-14-12-20-10-6-7-11-21(20)17-27/h3-11,22,28H,2,12-18H2,1H3,(H2,24,25,26). The van der Waals surface area contributed by atoms with Crippen molar-refractivity contribution in [2.75, 3.05) is 39.3 Å². The van der Waals surface area contributed by atoms with Gasteiger partial charge < -0.3 is 15.7 Å². The Balaban J connectivity index is 1.50. The third-order valence-corrected chi connectivity index (χ3v) is 5.24. The molecule has 1 aliphatic heterocycles. The maximum Gasteiger partial charge on any atom is 0.191 e. The van der Waals surface area contributed by atoms with E-state index in [2.05, 4.69) is 46.7 Å². The van der Waals surface area contributed by atoms with E-state index in [0.29, 0.717) is 6.54 Å². The van der Waals surface area contributed by atoms with Gasteiger partial charge in [-0.3, -0.25) is 9.89 Å². The van der Waals surface area contributed by atoms with Gasteiger partial charge in [0.1, 0.15) is 0 Å². The third-order valence-electron chi connectivity index (χ3n) is 5.24. The van der Waals surface area contributed by atoms with Crippen LogP contribution < -0.4 is 10.6 Å². The van der Waals surface area contributed by atoms with Gasteiger partial charge in [0.2, 0.25) is 0 Å². The summed E-state index contributed by atoms with van der Waals surface area (Å²) in [7, 11) is 0. The zero-order valence-electron chi connectivity index (χ0n) is 16.8. The van der Waals surface area contributed by atoms with Crippen LogP contribution in [0.5, 0.6) is 0 Å². The van der Waals surface area contributed by atoms with E-state index in [1.54, 1.807) is 0 Å². The van der Waals surface area contributed by atoms with E-state index in [1.165, 1.54) is 11.1 Å². The molecule has 1 aliphatic rings. The van der Waals surface area contributed by atoms with Gasteiger partial charge in [0, 0.05) is 38.6 Å². The van der Waals surface area contributed by atoms with Gasteiger partial charge in [-0.05, 0) is 30.0 Å². The quantitative estimate of drug-likeness (QED) is 0.486. The van der Waals surface area contributed by atoms with Gasteiger partial charge >= 0.3 is 0 Å². The van der Waals surface area contributed by atoms with Crippen LogP contribution in [0.15, 0.2) is 59.6 Å². The zero-order chi connectivity index (χ0) is 19.6. The predicted molar refractivity (Wildman–Crippen MR) is 116 cm³/mol. The van der Waals surface area contributed by atoms with Gasteiger partial charge in [-0.1, -0.05) is 54.6 Å². The largest absolute Gasteiger partial charge is 0.396 e. The molecule has 2 aromatic rings. The Morgan fingerprint density at radius 1 is 1.07 bits per heavy atom. The summed E-state index contributed by atoms with van der Waals surface area (Å²) in [5.74, 6) is 0.838. The first-order valence-corrected chi connectivity index (χ1v) is 10.3. The molecule has 0 amide bonds. The summed E-state index contributed by atoms with van der Waals surface area (Å²) in [5.41, 5.74) is 4.05. The fourth-order valence-electron chi connectivity index (χ4n) is 3.61. The number of rotatable bonds is 8. The highest BCUT2D eigenvalue weighted by molar-refractivity contribution is 5.79. The molecule has 0 radical (unpaired) electrons. The van der Waals surface area contributed by atoms with Crippen LogP contribution >= 0.6 is 0 Å². The van der Waals surface area contributed by atoms with Gasteiger partial charge in [-0.25, -0.2) is 0 Å². The Labute approximate surface area is 168 Å². The number of aliphatic imine (C=N–C) groups is 1. The molecule has 5 heteroatoms. The number of guanidine groups is 1. The summed E-state index contributed by atoms with van der Waals surface area (Å²) in [6.07, 6.45) is 1.12. The fourth-order valence-corrected chi connectivity index (χ4v) is 3.61. The molecule has 0 spiro atoms. The van der Waals surface area contributed by atoms with Crippen LogP contribution in [-0.4, -0.2) is 55.3 Å². The number of aliphatic hydroxyl groups is 1. The van der Waals surface area contributed by atoms with Crippen molar-refractivity contribution in [1.82, 2.24) is 15.5 Å². The van der Waals surface area contributed by atoms with E-state index in [4.69, 9.17) is 4.99 Å². The summed E-state index contributed by atoms with van der Waals surface area (Å²) in [6.45, 7) is 7.51. The lowest BCUT2D eigenvalue weighted by Crippen LogP contribution is -2.42. The third kappa shape index (κ3) is 5.81. The van der Waals surface area contributed by atoms with E-state index in [-0.39, 0.29) is 12.5 Å². The van der Waals surface area contributed by atoms with Crippen LogP contribution in [0.1, 0.15) is 29.5 Å². The maximum atomic E-state index is 9.73. The van der Waals surface area contributed by atoms with E-state index in [0.717, 1.165) is 50.7 Å². The minimum Gasteiger partial charge on any atom is -0.396 e. The molecule has 1 atom stereocenters. The molecule has 28 heavy (non-hydrogen) atoms. The van der Waals surface area contributed by atoms with Crippen molar-refractivity contribution in [2.24, 2.45) is 4.99 Å². The van der Waals surface area contributed by atoms with Gasteiger partial charge in [-0.15, -0.1) is 0 Å². The predicted octanol–water partition coefficient (Wildman–Crippen LogP) is 2.38. The number of benzene rings is 2. The average molecular weight is 381 g/mol. The van der Waals surface area contributed by atoms with Crippen LogP contribution in [0.25, 0.3) is 0 Å². The van der Waals surface area contributed by atoms with E-state index in [1.807, 2.05) is 30.3 Å². The fraction of sp³-hybridized carbons (Fsp3) is 0.435. The van der Waals surface area contributed by atoms with Gasteiger partial charge in [0.15, 0.2) is 5.96 Å². The number of fused-ring (bicyclic) bond motifs is 1. The molecular weight excluding hydrogens is 348 g/mol. The normalized spacial score (nSPS) is 15.7. The van der Waals surface area contributed by atoms with Crippen LogP contribution in [0.2, 0.25) is 0 Å². The lowest BCUT2D eigenvalue weighted by molar-refractivity contribution is 0.258. The highest BCUT2D eigenvalue weighted by Crippen LogP contribution is 2.18. The molecule has 1 unspecified atom stereocenters. The minimum absolute atomic E-state index is 0.0234. The Morgan fingerprint density at radius 2 is 1.82 bits per heavy atom. The SMILES string of the molecule is CCNC(=NCC(CO)c1ccccc1)NCCN1CCc2ccccc2C1. The smallest absolute Gasteiger partial charge is 0.191 e. The molecular formula is C23H32N4O. The highest BCUT2D eigenvalue weighted by Gasteiger charge is 2.15. The molecule has 3 N–H and O–H groups in total. The van der Waals surface area contributed by atoms with Crippen molar-refractivity contribution in [3.05, 3.63) is 71.3 Å². The van der Waals surface area contributed by atoms with Gasteiger partial charge in [0.05, 0.1) is 13.2 Å². The molecule has 0 fully saturated rings. The molecule has 5 nitrogen and oxygen atoms in total. The highest BCUT2D eigenvalue weighted by atomic mass is 16.3. The first-order valence-electron chi connectivity index (χ1n) is 10.3. The summed E-state index contributed by atoms with van der Waals surface area (Å²) in [6, 6.07) is 18.8. The maximum absolute atomic E-state index is 9.73. The summed E-state index contributed by atoms with van der Waals surface area (Å²) >= 11 is 0. The van der Waals surface area contributed by atoms with Crippen molar-refractivity contribution >= 4 is 5.96 Å². The second-order valence-corrected chi connectivity index (χ2v) is 7.23. The van der Waals surface area contributed by atoms with Crippen LogP contribution in [0, 0.1) is 0 Å².